The number of carbonyl (C=O) groups excluding carboxylic acids is 2. The van der Waals surface area contributed by atoms with E-state index in [4.69, 9.17) is 11.6 Å². The number of carbonyl (C=O) groups is 2. The van der Waals surface area contributed by atoms with Crippen LogP contribution in [0.2, 0.25) is 5.02 Å². The molecule has 2 amide bonds. The van der Waals surface area contributed by atoms with Crippen molar-refractivity contribution in [2.24, 2.45) is 0 Å². The van der Waals surface area contributed by atoms with Crippen molar-refractivity contribution in [1.29, 1.82) is 0 Å². The third-order valence-electron chi connectivity index (χ3n) is 4.34. The minimum absolute atomic E-state index is 0.113. The van der Waals surface area contributed by atoms with Gasteiger partial charge in [0.05, 0.1) is 17.1 Å². The van der Waals surface area contributed by atoms with E-state index in [1.807, 2.05) is 56.5 Å². The van der Waals surface area contributed by atoms with Crippen molar-refractivity contribution in [1.82, 2.24) is 20.2 Å². The summed E-state index contributed by atoms with van der Waals surface area (Å²) in [5, 5.41) is 6.50. The first-order valence-corrected chi connectivity index (χ1v) is 9.84. The first kappa shape index (κ1) is 20.9. The summed E-state index contributed by atoms with van der Waals surface area (Å²) in [5.74, 6) is 0.280. The molecule has 0 saturated carbocycles. The van der Waals surface area contributed by atoms with E-state index in [-0.39, 0.29) is 23.9 Å². The fourth-order valence-electron chi connectivity index (χ4n) is 3.14. The van der Waals surface area contributed by atoms with Crippen LogP contribution in [0.15, 0.2) is 48.5 Å². The predicted molar refractivity (Wildman–Crippen MR) is 115 cm³/mol. The van der Waals surface area contributed by atoms with Gasteiger partial charge in [-0.25, -0.2) is 4.98 Å². The molecule has 0 saturated heterocycles. The summed E-state index contributed by atoms with van der Waals surface area (Å²) in [4.78, 5) is 29.8. The number of para-hydroxylation sites is 2. The first-order valence-electron chi connectivity index (χ1n) is 9.46. The monoisotopic (exact) mass is 412 g/mol. The molecule has 2 N–H and O–H groups in total. The Hall–Kier alpha value is -2.86. The molecule has 7 heteroatoms. The van der Waals surface area contributed by atoms with E-state index in [0.29, 0.717) is 16.4 Å². The summed E-state index contributed by atoms with van der Waals surface area (Å²) in [6, 6.07) is 13.9. The maximum atomic E-state index is 12.6. The lowest BCUT2D eigenvalue weighted by atomic mass is 10.1. The molecule has 0 aliphatic rings. The Morgan fingerprint density at radius 2 is 1.76 bits per heavy atom. The van der Waals surface area contributed by atoms with E-state index in [1.54, 1.807) is 24.3 Å². The number of halogens is 1. The zero-order valence-electron chi connectivity index (χ0n) is 17.0. The zero-order chi connectivity index (χ0) is 21.2. The number of nitrogens with one attached hydrogen (secondary N) is 2. The molecule has 1 atom stereocenters. The van der Waals surface area contributed by atoms with Gasteiger partial charge >= 0.3 is 0 Å². The van der Waals surface area contributed by atoms with Crippen molar-refractivity contribution < 1.29 is 9.59 Å². The van der Waals surface area contributed by atoms with E-state index < -0.39 is 6.04 Å². The molecule has 0 bridgehead atoms. The number of hydrogen-bond donors (Lipinski definition) is 2. The molecule has 3 aromatic rings. The molecule has 0 fully saturated rings. The Morgan fingerprint density at radius 3 is 2.41 bits per heavy atom. The third kappa shape index (κ3) is 5.15. The fraction of sp³-hybridized carbons (Fsp3) is 0.318. The van der Waals surface area contributed by atoms with Gasteiger partial charge in [-0.2, -0.15) is 0 Å². The number of amides is 2. The molecule has 3 rings (SSSR count). The van der Waals surface area contributed by atoms with Gasteiger partial charge < -0.3 is 15.2 Å². The van der Waals surface area contributed by atoms with Gasteiger partial charge in [0.1, 0.15) is 12.4 Å². The smallest absolute Gasteiger partial charge is 0.251 e. The highest BCUT2D eigenvalue weighted by atomic mass is 35.5. The molecule has 0 aliphatic carbocycles. The molecular formula is C22H25ClN4O2. The largest absolute Gasteiger partial charge is 0.350 e. The van der Waals surface area contributed by atoms with Crippen LogP contribution in [0.1, 0.15) is 49.9 Å². The highest BCUT2D eigenvalue weighted by molar-refractivity contribution is 6.30. The van der Waals surface area contributed by atoms with E-state index in [9.17, 15) is 9.59 Å². The topological polar surface area (TPSA) is 76.0 Å². The normalized spacial score (nSPS) is 12.6. The summed E-state index contributed by atoms with van der Waals surface area (Å²) in [6.07, 6.45) is 0. The van der Waals surface area contributed by atoms with Crippen LogP contribution in [0.5, 0.6) is 0 Å². The molecule has 0 radical (unpaired) electrons. The summed E-state index contributed by atoms with van der Waals surface area (Å²) in [7, 11) is 0. The number of nitrogens with zero attached hydrogens (tertiary/aromatic N) is 2. The zero-order valence-corrected chi connectivity index (χ0v) is 17.7. The average molecular weight is 413 g/mol. The van der Waals surface area contributed by atoms with E-state index >= 15 is 0 Å². The number of aromatic nitrogens is 2. The Labute approximate surface area is 175 Å². The van der Waals surface area contributed by atoms with Crippen LogP contribution in [0.3, 0.4) is 0 Å². The van der Waals surface area contributed by atoms with Crippen molar-refractivity contribution in [3.8, 4) is 0 Å². The van der Waals surface area contributed by atoms with Crippen molar-refractivity contribution in [3.05, 3.63) is 64.9 Å². The van der Waals surface area contributed by atoms with Gasteiger partial charge in [-0.3, -0.25) is 9.59 Å². The van der Waals surface area contributed by atoms with Crippen LogP contribution in [0.25, 0.3) is 11.0 Å². The lowest BCUT2D eigenvalue weighted by Crippen LogP contribution is -2.42. The molecule has 1 heterocycles. The van der Waals surface area contributed by atoms with Gasteiger partial charge in [0, 0.05) is 16.1 Å². The van der Waals surface area contributed by atoms with Gasteiger partial charge in [-0.05, 0) is 64.1 Å². The molecule has 29 heavy (non-hydrogen) atoms. The minimum atomic E-state index is -0.395. The average Bonchev–Trinajstić information content (AvgIpc) is 2.99. The minimum Gasteiger partial charge on any atom is -0.350 e. The van der Waals surface area contributed by atoms with Crippen LogP contribution in [-0.2, 0) is 11.3 Å². The summed E-state index contributed by atoms with van der Waals surface area (Å²) in [6.45, 7) is 7.79. The Bertz CT molecular complexity index is 1040. The number of benzene rings is 2. The first-order chi connectivity index (χ1) is 13.6. The van der Waals surface area contributed by atoms with E-state index in [0.717, 1.165) is 11.0 Å². The second-order valence-electron chi connectivity index (χ2n) is 8.05. The van der Waals surface area contributed by atoms with Crippen molar-refractivity contribution in [2.45, 2.75) is 45.8 Å². The highest BCUT2D eigenvalue weighted by Gasteiger charge is 2.22. The van der Waals surface area contributed by atoms with Crippen LogP contribution in [-0.4, -0.2) is 26.9 Å². The molecule has 6 nitrogen and oxygen atoms in total. The lowest BCUT2D eigenvalue weighted by molar-refractivity contribution is -0.123. The van der Waals surface area contributed by atoms with Crippen LogP contribution in [0, 0.1) is 0 Å². The van der Waals surface area contributed by atoms with Gasteiger partial charge in [-0.15, -0.1) is 0 Å². The number of hydrogen-bond acceptors (Lipinski definition) is 3. The van der Waals surface area contributed by atoms with Crippen molar-refractivity contribution in [2.75, 3.05) is 0 Å². The summed E-state index contributed by atoms with van der Waals surface area (Å²) in [5.41, 5.74) is 1.80. The molecule has 1 aromatic heterocycles. The van der Waals surface area contributed by atoms with Gasteiger partial charge in [-0.1, -0.05) is 23.7 Å². The number of fused-ring (bicyclic) bond motifs is 1. The molecular weight excluding hydrogens is 388 g/mol. The Balaban J connectivity index is 1.88. The maximum absolute atomic E-state index is 12.6. The molecule has 0 spiro atoms. The second kappa shape index (κ2) is 8.25. The SMILES string of the molecule is CC(NC(=O)c1ccc(Cl)cc1)c1nc2ccccc2n1CC(=O)NC(C)(C)C. The third-order valence-corrected chi connectivity index (χ3v) is 4.59. The molecule has 1 unspecified atom stereocenters. The van der Waals surface area contributed by atoms with E-state index in [1.165, 1.54) is 0 Å². The Kier molecular flexibility index (Phi) is 5.94. The molecule has 2 aromatic carbocycles. The highest BCUT2D eigenvalue weighted by Crippen LogP contribution is 2.21. The van der Waals surface area contributed by atoms with Crippen LogP contribution < -0.4 is 10.6 Å². The summed E-state index contributed by atoms with van der Waals surface area (Å²) < 4.78 is 1.85. The van der Waals surface area contributed by atoms with Gasteiger partial charge in [0.2, 0.25) is 5.91 Å². The van der Waals surface area contributed by atoms with Gasteiger partial charge in [0.15, 0.2) is 0 Å². The van der Waals surface area contributed by atoms with Crippen LogP contribution in [0.4, 0.5) is 0 Å². The van der Waals surface area contributed by atoms with Crippen molar-refractivity contribution >= 4 is 34.4 Å². The molecule has 0 aliphatic heterocycles. The summed E-state index contributed by atoms with van der Waals surface area (Å²) >= 11 is 5.90. The van der Waals surface area contributed by atoms with E-state index in [2.05, 4.69) is 15.6 Å². The molecule has 152 valence electrons. The van der Waals surface area contributed by atoms with Crippen LogP contribution >= 0.6 is 11.6 Å². The maximum Gasteiger partial charge on any atom is 0.251 e. The second-order valence-corrected chi connectivity index (χ2v) is 8.48. The number of rotatable bonds is 5. The standard InChI is InChI=1S/C22H25ClN4O2/c1-14(24-21(29)15-9-11-16(23)12-10-15)20-25-17-7-5-6-8-18(17)27(20)13-19(28)26-22(2,3)4/h5-12,14H,13H2,1-4H3,(H,24,29)(H,26,28). The van der Waals surface area contributed by atoms with Gasteiger partial charge in [0.25, 0.3) is 5.91 Å². The lowest BCUT2D eigenvalue weighted by Gasteiger charge is -2.22. The fourth-order valence-corrected chi connectivity index (χ4v) is 3.26. The quantitative estimate of drug-likeness (QED) is 0.662. The Morgan fingerprint density at radius 1 is 1.10 bits per heavy atom. The predicted octanol–water partition coefficient (Wildman–Crippen LogP) is 4.10. The number of imidazole rings is 1. The van der Waals surface area contributed by atoms with Crippen molar-refractivity contribution in [3.63, 3.8) is 0 Å².